The van der Waals surface area contributed by atoms with Gasteiger partial charge in [-0.1, -0.05) is 23.8 Å². The summed E-state index contributed by atoms with van der Waals surface area (Å²) >= 11 is 0. The van der Waals surface area contributed by atoms with Crippen LogP contribution in [-0.2, 0) is 10.3 Å². The highest BCUT2D eigenvalue weighted by Gasteiger charge is 2.36. The van der Waals surface area contributed by atoms with E-state index < -0.39 is 5.54 Å². The Hall–Kier alpha value is -3.61. The van der Waals surface area contributed by atoms with Gasteiger partial charge in [0.1, 0.15) is 5.58 Å². The molecule has 1 aliphatic rings. The third kappa shape index (κ3) is 3.32. The largest absolute Gasteiger partial charge is 0.451 e. The molecule has 1 aliphatic heterocycles. The molecule has 0 saturated carbocycles. The lowest BCUT2D eigenvalue weighted by atomic mass is 9.87. The van der Waals surface area contributed by atoms with Gasteiger partial charge in [-0.15, -0.1) is 0 Å². The minimum Gasteiger partial charge on any atom is -0.451 e. The van der Waals surface area contributed by atoms with Gasteiger partial charge in [-0.2, -0.15) is 0 Å². The van der Waals surface area contributed by atoms with E-state index in [1.54, 1.807) is 13.1 Å². The number of anilines is 1. The molecule has 3 N–H and O–H groups in total. The molecule has 2 aromatic carbocycles. The standard InChI is InChI=1S/C23H24N4O3/c1-13-8-9-18-17(10-13)14(2)20(30-18)21(29)25-16-7-5-6-15(11-16)23(3)12-19(28)27(4)22(24)26-23/h5-11H,12H2,1-4H3,(H2,24,26)(H,25,29). The van der Waals surface area contributed by atoms with Gasteiger partial charge in [0.2, 0.25) is 5.91 Å². The predicted octanol–water partition coefficient (Wildman–Crippen LogP) is 3.69. The van der Waals surface area contributed by atoms with Crippen molar-refractivity contribution in [3.8, 4) is 0 Å². The van der Waals surface area contributed by atoms with Gasteiger partial charge in [0.15, 0.2) is 11.7 Å². The summed E-state index contributed by atoms with van der Waals surface area (Å²) in [6.07, 6.45) is 0.198. The lowest BCUT2D eigenvalue weighted by Gasteiger charge is -2.33. The van der Waals surface area contributed by atoms with E-state index >= 15 is 0 Å². The van der Waals surface area contributed by atoms with E-state index in [4.69, 9.17) is 10.2 Å². The monoisotopic (exact) mass is 404 g/mol. The molecule has 2 heterocycles. The van der Waals surface area contributed by atoms with Crippen molar-refractivity contribution < 1.29 is 14.0 Å². The predicted molar refractivity (Wildman–Crippen MR) is 116 cm³/mol. The summed E-state index contributed by atoms with van der Waals surface area (Å²) in [7, 11) is 1.61. The highest BCUT2D eigenvalue weighted by molar-refractivity contribution is 6.06. The van der Waals surface area contributed by atoms with Crippen molar-refractivity contribution in [1.29, 1.82) is 0 Å². The van der Waals surface area contributed by atoms with E-state index in [1.807, 2.05) is 57.2 Å². The summed E-state index contributed by atoms with van der Waals surface area (Å²) in [6.45, 7) is 5.73. The Morgan fingerprint density at radius 3 is 2.73 bits per heavy atom. The number of aliphatic imine (C=N–C) groups is 1. The van der Waals surface area contributed by atoms with Crippen LogP contribution < -0.4 is 11.1 Å². The van der Waals surface area contributed by atoms with E-state index in [0.29, 0.717) is 11.3 Å². The van der Waals surface area contributed by atoms with Gasteiger partial charge < -0.3 is 15.5 Å². The molecule has 1 atom stereocenters. The SMILES string of the molecule is Cc1ccc2oc(C(=O)Nc3cccc(C4(C)CC(=O)N(C)C(N)=N4)c3)c(C)c2c1. The maximum absolute atomic E-state index is 12.9. The maximum atomic E-state index is 12.9. The second kappa shape index (κ2) is 7.02. The number of benzene rings is 2. The summed E-state index contributed by atoms with van der Waals surface area (Å²) in [5.41, 5.74) is 9.09. The van der Waals surface area contributed by atoms with Crippen LogP contribution in [0.2, 0.25) is 0 Å². The summed E-state index contributed by atoms with van der Waals surface area (Å²) < 4.78 is 5.79. The van der Waals surface area contributed by atoms with Crippen LogP contribution in [0, 0.1) is 13.8 Å². The molecule has 0 aliphatic carbocycles. The van der Waals surface area contributed by atoms with Gasteiger partial charge in [0, 0.05) is 23.7 Å². The van der Waals surface area contributed by atoms with Gasteiger partial charge in [-0.3, -0.25) is 14.5 Å². The molecule has 4 rings (SSSR count). The molecule has 7 heteroatoms. The van der Waals surface area contributed by atoms with E-state index in [2.05, 4.69) is 10.3 Å². The second-order valence-corrected chi connectivity index (χ2v) is 7.96. The van der Waals surface area contributed by atoms with Gasteiger partial charge in [-0.05, 0) is 50.6 Å². The first-order chi connectivity index (χ1) is 14.2. The molecule has 0 radical (unpaired) electrons. The topological polar surface area (TPSA) is 101 Å². The molecule has 30 heavy (non-hydrogen) atoms. The van der Waals surface area contributed by atoms with Crippen molar-refractivity contribution in [2.24, 2.45) is 10.7 Å². The molecule has 1 unspecified atom stereocenters. The summed E-state index contributed by atoms with van der Waals surface area (Å²) in [6, 6.07) is 13.1. The minimum absolute atomic E-state index is 0.104. The molecule has 0 saturated heterocycles. The normalized spacial score (nSPS) is 19.1. The Morgan fingerprint density at radius 1 is 1.23 bits per heavy atom. The van der Waals surface area contributed by atoms with Gasteiger partial charge in [0.25, 0.3) is 5.91 Å². The van der Waals surface area contributed by atoms with E-state index in [1.165, 1.54) is 4.90 Å². The summed E-state index contributed by atoms with van der Waals surface area (Å²) in [4.78, 5) is 31.0. The first-order valence-corrected chi connectivity index (χ1v) is 9.71. The maximum Gasteiger partial charge on any atom is 0.291 e. The highest BCUT2D eigenvalue weighted by atomic mass is 16.3. The fraction of sp³-hybridized carbons (Fsp3) is 0.261. The molecule has 1 aromatic heterocycles. The molecule has 2 amide bonds. The average molecular weight is 404 g/mol. The molecule has 7 nitrogen and oxygen atoms in total. The molecular weight excluding hydrogens is 380 g/mol. The first-order valence-electron chi connectivity index (χ1n) is 9.71. The summed E-state index contributed by atoms with van der Waals surface area (Å²) in [5.74, 6) is 0.0269. The zero-order valence-electron chi connectivity index (χ0n) is 17.4. The number of hydrogen-bond acceptors (Lipinski definition) is 5. The van der Waals surface area contributed by atoms with Gasteiger partial charge >= 0.3 is 0 Å². The van der Waals surface area contributed by atoms with Crippen molar-refractivity contribution >= 4 is 34.4 Å². The minimum atomic E-state index is -0.790. The lowest BCUT2D eigenvalue weighted by Crippen LogP contribution is -2.47. The lowest BCUT2D eigenvalue weighted by molar-refractivity contribution is -0.128. The highest BCUT2D eigenvalue weighted by Crippen LogP contribution is 2.34. The third-order valence-corrected chi connectivity index (χ3v) is 5.61. The molecule has 0 spiro atoms. The fourth-order valence-electron chi connectivity index (χ4n) is 3.75. The first kappa shape index (κ1) is 19.7. The van der Waals surface area contributed by atoms with Gasteiger partial charge in [0.05, 0.1) is 12.0 Å². The van der Waals surface area contributed by atoms with Crippen molar-refractivity contribution in [3.63, 3.8) is 0 Å². The second-order valence-electron chi connectivity index (χ2n) is 7.96. The van der Waals surface area contributed by atoms with Crippen LogP contribution in [0.1, 0.15) is 40.6 Å². The van der Waals surface area contributed by atoms with E-state index in [-0.39, 0.29) is 30.0 Å². The number of carbonyl (C=O) groups excluding carboxylic acids is 2. The molecule has 3 aromatic rings. The zero-order chi connectivity index (χ0) is 21.6. The Morgan fingerprint density at radius 2 is 2.00 bits per heavy atom. The third-order valence-electron chi connectivity index (χ3n) is 5.61. The van der Waals surface area contributed by atoms with Crippen molar-refractivity contribution in [1.82, 2.24) is 4.90 Å². The van der Waals surface area contributed by atoms with Crippen molar-refractivity contribution in [2.75, 3.05) is 12.4 Å². The number of carbonyl (C=O) groups is 2. The van der Waals surface area contributed by atoms with Crippen LogP contribution in [0.15, 0.2) is 51.9 Å². The van der Waals surface area contributed by atoms with Crippen LogP contribution in [0.5, 0.6) is 0 Å². The summed E-state index contributed by atoms with van der Waals surface area (Å²) in [5, 5.41) is 3.82. The smallest absolute Gasteiger partial charge is 0.291 e. The fourth-order valence-corrected chi connectivity index (χ4v) is 3.75. The van der Waals surface area contributed by atoms with Crippen molar-refractivity contribution in [3.05, 3.63) is 64.9 Å². The number of nitrogens with one attached hydrogen (secondary N) is 1. The number of guanidine groups is 1. The average Bonchev–Trinajstić information content (AvgIpc) is 3.02. The number of furan rings is 1. The van der Waals surface area contributed by atoms with Crippen LogP contribution in [0.3, 0.4) is 0 Å². The Balaban J connectivity index is 1.63. The van der Waals surface area contributed by atoms with E-state index in [9.17, 15) is 9.59 Å². The number of rotatable bonds is 3. The quantitative estimate of drug-likeness (QED) is 0.695. The molecular formula is C23H24N4O3. The van der Waals surface area contributed by atoms with Gasteiger partial charge in [-0.25, -0.2) is 4.99 Å². The molecule has 0 bridgehead atoms. The number of aryl methyl sites for hydroxylation is 2. The number of amides is 2. The number of nitrogens with zero attached hydrogens (tertiary/aromatic N) is 2. The Kier molecular flexibility index (Phi) is 4.61. The number of nitrogens with two attached hydrogens (primary N) is 1. The Bertz CT molecular complexity index is 1210. The number of fused-ring (bicyclic) bond motifs is 1. The van der Waals surface area contributed by atoms with Crippen LogP contribution in [0.25, 0.3) is 11.0 Å². The molecule has 154 valence electrons. The van der Waals surface area contributed by atoms with Crippen LogP contribution in [0.4, 0.5) is 5.69 Å². The molecule has 0 fully saturated rings. The van der Waals surface area contributed by atoms with Crippen LogP contribution in [-0.4, -0.2) is 29.7 Å². The zero-order valence-corrected chi connectivity index (χ0v) is 17.4. The van der Waals surface area contributed by atoms with Crippen LogP contribution >= 0.6 is 0 Å². The Labute approximate surface area is 174 Å². The number of hydrogen-bond donors (Lipinski definition) is 2. The van der Waals surface area contributed by atoms with E-state index in [0.717, 1.165) is 22.1 Å². The van der Waals surface area contributed by atoms with Crippen molar-refractivity contribution in [2.45, 2.75) is 32.7 Å².